The summed E-state index contributed by atoms with van der Waals surface area (Å²) in [7, 11) is 3.17. The van der Waals surface area contributed by atoms with E-state index < -0.39 is 6.04 Å². The van der Waals surface area contributed by atoms with Crippen molar-refractivity contribution in [2.24, 2.45) is 0 Å². The Bertz CT molecular complexity index is 487. The lowest BCUT2D eigenvalue weighted by Gasteiger charge is -2.27. The molecule has 1 aromatic rings. The van der Waals surface area contributed by atoms with E-state index in [1.165, 1.54) is 11.8 Å². The zero-order valence-corrected chi connectivity index (χ0v) is 13.6. The highest BCUT2D eigenvalue weighted by Crippen LogP contribution is 2.14. The van der Waals surface area contributed by atoms with Crippen LogP contribution in [0.15, 0.2) is 24.3 Å². The Morgan fingerprint density at radius 2 is 1.86 bits per heavy atom. The summed E-state index contributed by atoms with van der Waals surface area (Å²) in [5.74, 6) is 0.412. The molecule has 6 heteroatoms. The van der Waals surface area contributed by atoms with Gasteiger partial charge in [0, 0.05) is 27.1 Å². The first kappa shape index (κ1) is 18.0. The largest absolute Gasteiger partial charge is 0.497 e. The predicted molar refractivity (Wildman–Crippen MR) is 83.6 cm³/mol. The van der Waals surface area contributed by atoms with Gasteiger partial charge in [0.15, 0.2) is 0 Å². The van der Waals surface area contributed by atoms with Crippen molar-refractivity contribution < 1.29 is 19.1 Å². The lowest BCUT2D eigenvalue weighted by molar-refractivity contribution is -0.139. The van der Waals surface area contributed by atoms with Gasteiger partial charge in [-0.2, -0.15) is 0 Å². The van der Waals surface area contributed by atoms with Gasteiger partial charge in [-0.25, -0.2) is 0 Å². The van der Waals surface area contributed by atoms with E-state index in [0.717, 1.165) is 11.3 Å². The molecule has 0 aromatic heterocycles. The summed E-state index contributed by atoms with van der Waals surface area (Å²) < 4.78 is 10.00. The van der Waals surface area contributed by atoms with Gasteiger partial charge in [0.25, 0.3) is 0 Å². The molecule has 2 amide bonds. The third-order valence-corrected chi connectivity index (χ3v) is 3.37. The first-order valence-electron chi connectivity index (χ1n) is 7.16. The van der Waals surface area contributed by atoms with Gasteiger partial charge in [-0.05, 0) is 24.6 Å². The Kier molecular flexibility index (Phi) is 7.39. The number of hydrogen-bond donors (Lipinski definition) is 1. The van der Waals surface area contributed by atoms with Gasteiger partial charge in [0.2, 0.25) is 11.8 Å². The van der Waals surface area contributed by atoms with Crippen LogP contribution in [0.25, 0.3) is 0 Å². The first-order valence-corrected chi connectivity index (χ1v) is 7.16. The van der Waals surface area contributed by atoms with Crippen LogP contribution in [0.4, 0.5) is 0 Å². The summed E-state index contributed by atoms with van der Waals surface area (Å²) >= 11 is 0. The fraction of sp³-hybridized carbons (Fsp3) is 0.500. The topological polar surface area (TPSA) is 67.9 Å². The van der Waals surface area contributed by atoms with Crippen LogP contribution < -0.4 is 10.1 Å². The Hall–Kier alpha value is -2.08. The van der Waals surface area contributed by atoms with E-state index in [0.29, 0.717) is 19.7 Å². The molecule has 0 aliphatic heterocycles. The average Bonchev–Trinajstić information content (AvgIpc) is 2.52. The van der Waals surface area contributed by atoms with Gasteiger partial charge in [-0.3, -0.25) is 9.59 Å². The lowest BCUT2D eigenvalue weighted by Crippen LogP contribution is -2.47. The molecule has 1 N–H and O–H groups in total. The molecule has 0 bridgehead atoms. The van der Waals surface area contributed by atoms with Crippen molar-refractivity contribution in [2.45, 2.75) is 26.4 Å². The third-order valence-electron chi connectivity index (χ3n) is 3.37. The summed E-state index contributed by atoms with van der Waals surface area (Å²) in [6, 6.07) is 6.87. The van der Waals surface area contributed by atoms with Gasteiger partial charge in [0.1, 0.15) is 11.8 Å². The number of benzene rings is 1. The molecule has 0 saturated carbocycles. The maximum atomic E-state index is 12.1. The molecule has 0 saturated heterocycles. The summed E-state index contributed by atoms with van der Waals surface area (Å²) in [4.78, 5) is 25.4. The molecular formula is C16H24N2O4. The van der Waals surface area contributed by atoms with E-state index in [-0.39, 0.29) is 11.8 Å². The van der Waals surface area contributed by atoms with E-state index in [9.17, 15) is 9.59 Å². The average molecular weight is 308 g/mol. The summed E-state index contributed by atoms with van der Waals surface area (Å²) in [5.41, 5.74) is 0.938. The highest BCUT2D eigenvalue weighted by Gasteiger charge is 2.23. The molecule has 1 rings (SSSR count). The number of carbonyl (C=O) groups excluding carboxylic acids is 2. The van der Waals surface area contributed by atoms with E-state index in [4.69, 9.17) is 9.47 Å². The van der Waals surface area contributed by atoms with E-state index in [1.54, 1.807) is 21.1 Å². The van der Waals surface area contributed by atoms with Crippen LogP contribution in [-0.2, 0) is 20.9 Å². The Labute approximate surface area is 131 Å². The van der Waals surface area contributed by atoms with Crippen molar-refractivity contribution in [3.05, 3.63) is 29.8 Å². The molecule has 6 nitrogen and oxygen atoms in total. The Morgan fingerprint density at radius 1 is 1.23 bits per heavy atom. The second kappa shape index (κ2) is 9.04. The standard InChI is InChI=1S/C16H24N2O4/c1-12(16(20)17-9-10-21-3)18(13(2)19)11-14-5-7-15(22-4)8-6-14/h5-8,12H,9-11H2,1-4H3,(H,17,20)/t12-/m0/s1. The monoisotopic (exact) mass is 308 g/mol. The van der Waals surface area contributed by atoms with Crippen LogP contribution >= 0.6 is 0 Å². The molecule has 0 heterocycles. The minimum absolute atomic E-state index is 0.148. The third kappa shape index (κ3) is 5.37. The molecule has 0 aliphatic carbocycles. The molecule has 1 atom stereocenters. The predicted octanol–water partition coefficient (Wildman–Crippen LogP) is 1.19. The van der Waals surface area contributed by atoms with Crippen molar-refractivity contribution in [2.75, 3.05) is 27.4 Å². The number of hydrogen-bond acceptors (Lipinski definition) is 4. The Morgan fingerprint density at radius 3 is 2.36 bits per heavy atom. The summed E-state index contributed by atoms with van der Waals surface area (Å²) in [6.45, 7) is 4.42. The molecule has 0 spiro atoms. The highest BCUT2D eigenvalue weighted by atomic mass is 16.5. The number of carbonyl (C=O) groups is 2. The highest BCUT2D eigenvalue weighted by molar-refractivity contribution is 5.86. The molecule has 0 fully saturated rings. The van der Waals surface area contributed by atoms with Crippen LogP contribution in [0.5, 0.6) is 5.75 Å². The van der Waals surface area contributed by atoms with Crippen LogP contribution in [0.3, 0.4) is 0 Å². The summed E-state index contributed by atoms with van der Waals surface area (Å²) in [5, 5.41) is 2.74. The van der Waals surface area contributed by atoms with E-state index in [2.05, 4.69) is 5.32 Å². The lowest BCUT2D eigenvalue weighted by atomic mass is 10.1. The number of nitrogens with one attached hydrogen (secondary N) is 1. The van der Waals surface area contributed by atoms with Crippen molar-refractivity contribution in [3.63, 3.8) is 0 Å². The van der Waals surface area contributed by atoms with E-state index >= 15 is 0 Å². The van der Waals surface area contributed by atoms with Crippen LogP contribution in [-0.4, -0.2) is 50.1 Å². The molecular weight excluding hydrogens is 284 g/mol. The van der Waals surface area contributed by atoms with Gasteiger partial charge in [0.05, 0.1) is 13.7 Å². The minimum atomic E-state index is -0.545. The second-order valence-electron chi connectivity index (χ2n) is 4.95. The molecule has 22 heavy (non-hydrogen) atoms. The number of nitrogens with zero attached hydrogens (tertiary/aromatic N) is 1. The fourth-order valence-corrected chi connectivity index (χ4v) is 2.01. The number of methoxy groups -OCH3 is 2. The number of ether oxygens (including phenoxy) is 2. The van der Waals surface area contributed by atoms with Gasteiger partial charge >= 0.3 is 0 Å². The quantitative estimate of drug-likeness (QED) is 0.733. The molecule has 122 valence electrons. The maximum absolute atomic E-state index is 12.1. The maximum Gasteiger partial charge on any atom is 0.242 e. The van der Waals surface area contributed by atoms with E-state index in [1.807, 2.05) is 24.3 Å². The normalized spacial score (nSPS) is 11.6. The molecule has 0 unspecified atom stereocenters. The fourth-order valence-electron chi connectivity index (χ4n) is 2.01. The van der Waals surface area contributed by atoms with Crippen LogP contribution in [0, 0.1) is 0 Å². The zero-order valence-electron chi connectivity index (χ0n) is 13.6. The summed E-state index contributed by atoms with van der Waals surface area (Å²) in [6.07, 6.45) is 0. The number of rotatable bonds is 8. The first-order chi connectivity index (χ1) is 10.5. The minimum Gasteiger partial charge on any atom is -0.497 e. The molecule has 0 radical (unpaired) electrons. The number of amides is 2. The van der Waals surface area contributed by atoms with Crippen molar-refractivity contribution in [1.29, 1.82) is 0 Å². The van der Waals surface area contributed by atoms with Gasteiger partial charge in [-0.1, -0.05) is 12.1 Å². The van der Waals surface area contributed by atoms with Crippen molar-refractivity contribution >= 4 is 11.8 Å². The van der Waals surface area contributed by atoms with Crippen LogP contribution in [0.1, 0.15) is 19.4 Å². The van der Waals surface area contributed by atoms with Gasteiger partial charge < -0.3 is 19.7 Å². The smallest absolute Gasteiger partial charge is 0.242 e. The SMILES string of the molecule is COCCNC(=O)[C@H](C)N(Cc1ccc(OC)cc1)C(C)=O. The molecule has 1 aromatic carbocycles. The zero-order chi connectivity index (χ0) is 16.5. The van der Waals surface area contributed by atoms with Crippen molar-refractivity contribution in [3.8, 4) is 5.75 Å². The van der Waals surface area contributed by atoms with Gasteiger partial charge in [-0.15, -0.1) is 0 Å². The van der Waals surface area contributed by atoms with Crippen molar-refractivity contribution in [1.82, 2.24) is 10.2 Å². The Balaban J connectivity index is 2.71. The van der Waals surface area contributed by atoms with Crippen LogP contribution in [0.2, 0.25) is 0 Å². The molecule has 0 aliphatic rings. The second-order valence-corrected chi connectivity index (χ2v) is 4.95.